The maximum Gasteiger partial charge on any atom is 0.371 e. The van der Waals surface area contributed by atoms with Gasteiger partial charge >= 0.3 is 5.97 Å². The monoisotopic (exact) mass is 328 g/mol. The first-order valence-electron chi connectivity index (χ1n) is 7.28. The molecule has 0 fully saturated rings. The van der Waals surface area contributed by atoms with Crippen molar-refractivity contribution in [1.29, 1.82) is 0 Å². The number of rotatable bonds is 4. The molecule has 3 rings (SSSR count). The predicted octanol–water partition coefficient (Wildman–Crippen LogP) is 1.81. The molecule has 0 aromatic carbocycles. The molecular weight excluding hydrogens is 312 g/mol. The summed E-state index contributed by atoms with van der Waals surface area (Å²) in [5.74, 6) is -1.24. The Morgan fingerprint density at radius 2 is 2.08 bits per heavy atom. The molecule has 0 saturated carbocycles. The highest BCUT2D eigenvalue weighted by Crippen LogP contribution is 2.21. The molecule has 2 N–H and O–H groups in total. The molecule has 0 aliphatic heterocycles. The van der Waals surface area contributed by atoms with Crippen LogP contribution in [0.2, 0.25) is 0 Å². The third-order valence-electron chi connectivity index (χ3n) is 3.64. The lowest BCUT2D eigenvalue weighted by molar-refractivity contribution is 0.0660. The van der Waals surface area contributed by atoms with Crippen LogP contribution in [0.5, 0.6) is 0 Å². The zero-order valence-electron chi connectivity index (χ0n) is 13.5. The highest BCUT2D eigenvalue weighted by molar-refractivity contribution is 6.06. The van der Waals surface area contributed by atoms with Crippen molar-refractivity contribution in [1.82, 2.24) is 20.1 Å². The van der Waals surface area contributed by atoms with E-state index in [-0.39, 0.29) is 18.2 Å². The molecule has 0 aliphatic rings. The molecule has 8 heteroatoms. The lowest BCUT2D eigenvalue weighted by Gasteiger charge is -2.06. The zero-order chi connectivity index (χ0) is 17.4. The topological polar surface area (TPSA) is 110 Å². The maximum atomic E-state index is 12.6. The van der Waals surface area contributed by atoms with Crippen molar-refractivity contribution in [2.45, 2.75) is 20.4 Å². The molecule has 124 valence electrons. The van der Waals surface area contributed by atoms with Crippen LogP contribution in [0.1, 0.15) is 38.1 Å². The number of furan rings is 1. The minimum absolute atomic E-state index is 0.0916. The van der Waals surface area contributed by atoms with E-state index in [4.69, 9.17) is 9.52 Å². The number of hydrogen-bond acceptors (Lipinski definition) is 5. The van der Waals surface area contributed by atoms with Crippen molar-refractivity contribution in [3.8, 4) is 0 Å². The Hall–Kier alpha value is -3.16. The van der Waals surface area contributed by atoms with E-state index >= 15 is 0 Å². The van der Waals surface area contributed by atoms with Crippen molar-refractivity contribution in [3.63, 3.8) is 0 Å². The molecule has 0 atom stereocenters. The molecule has 1 amide bonds. The molecule has 0 aliphatic carbocycles. The summed E-state index contributed by atoms with van der Waals surface area (Å²) in [7, 11) is 1.78. The van der Waals surface area contributed by atoms with Gasteiger partial charge in [0.2, 0.25) is 5.76 Å². The van der Waals surface area contributed by atoms with Crippen LogP contribution < -0.4 is 5.32 Å². The number of nitrogens with zero attached hydrogens (tertiary/aromatic N) is 3. The fourth-order valence-electron chi connectivity index (χ4n) is 2.60. The van der Waals surface area contributed by atoms with Crippen LogP contribution in [0.15, 0.2) is 22.6 Å². The minimum atomic E-state index is -1.15. The van der Waals surface area contributed by atoms with Crippen LogP contribution in [-0.4, -0.2) is 31.7 Å². The summed E-state index contributed by atoms with van der Waals surface area (Å²) < 4.78 is 6.77. The summed E-state index contributed by atoms with van der Waals surface area (Å²) >= 11 is 0. The van der Waals surface area contributed by atoms with Crippen molar-refractivity contribution in [2.24, 2.45) is 7.05 Å². The average molecular weight is 328 g/mol. The van der Waals surface area contributed by atoms with Crippen LogP contribution in [0.4, 0.5) is 0 Å². The summed E-state index contributed by atoms with van der Waals surface area (Å²) in [5.41, 5.74) is 2.55. The lowest BCUT2D eigenvalue weighted by Crippen LogP contribution is -2.23. The number of carboxylic acid groups (broad SMARTS) is 1. The summed E-state index contributed by atoms with van der Waals surface area (Å²) in [4.78, 5) is 27.8. The van der Waals surface area contributed by atoms with E-state index < -0.39 is 5.97 Å². The largest absolute Gasteiger partial charge is 0.475 e. The number of amides is 1. The van der Waals surface area contributed by atoms with Crippen molar-refractivity contribution in [2.75, 3.05) is 0 Å². The second-order valence-corrected chi connectivity index (χ2v) is 5.47. The smallest absolute Gasteiger partial charge is 0.371 e. The van der Waals surface area contributed by atoms with Gasteiger partial charge in [0, 0.05) is 12.7 Å². The predicted molar refractivity (Wildman–Crippen MR) is 84.8 cm³/mol. The molecule has 0 spiro atoms. The standard InChI is InChI=1S/C16H16N4O4/c1-8-6-11(13-9(2)19-20(3)14(13)18-8)15(21)17-7-10-4-5-12(24-10)16(22)23/h4-6H,7H2,1-3H3,(H,17,21)(H,22,23). The molecular formula is C16H16N4O4. The van der Waals surface area contributed by atoms with Gasteiger partial charge in [-0.05, 0) is 32.0 Å². The van der Waals surface area contributed by atoms with Crippen LogP contribution in [-0.2, 0) is 13.6 Å². The molecule has 0 saturated heterocycles. The van der Waals surface area contributed by atoms with E-state index in [9.17, 15) is 9.59 Å². The second kappa shape index (κ2) is 5.80. The number of carboxylic acids is 1. The number of aryl methyl sites for hydroxylation is 3. The number of aromatic nitrogens is 3. The number of carbonyl (C=O) groups excluding carboxylic acids is 1. The summed E-state index contributed by atoms with van der Waals surface area (Å²) in [5, 5.41) is 16.6. The molecule has 0 radical (unpaired) electrons. The summed E-state index contributed by atoms with van der Waals surface area (Å²) in [6.07, 6.45) is 0. The van der Waals surface area contributed by atoms with Gasteiger partial charge in [0.1, 0.15) is 5.76 Å². The van der Waals surface area contributed by atoms with Crippen LogP contribution in [0.25, 0.3) is 11.0 Å². The van der Waals surface area contributed by atoms with Gasteiger partial charge in [0.15, 0.2) is 5.65 Å². The molecule has 0 bridgehead atoms. The number of nitrogens with one attached hydrogen (secondary N) is 1. The van der Waals surface area contributed by atoms with Crippen LogP contribution >= 0.6 is 0 Å². The number of aromatic carboxylic acids is 1. The van der Waals surface area contributed by atoms with Crippen LogP contribution in [0.3, 0.4) is 0 Å². The van der Waals surface area contributed by atoms with E-state index in [0.29, 0.717) is 28.1 Å². The molecule has 3 aromatic rings. The second-order valence-electron chi connectivity index (χ2n) is 5.47. The number of fused-ring (bicyclic) bond motifs is 1. The van der Waals surface area contributed by atoms with E-state index in [2.05, 4.69) is 15.4 Å². The van der Waals surface area contributed by atoms with E-state index in [1.54, 1.807) is 17.8 Å². The first-order chi connectivity index (χ1) is 11.4. The van der Waals surface area contributed by atoms with Gasteiger partial charge in [-0.2, -0.15) is 5.10 Å². The first-order valence-corrected chi connectivity index (χ1v) is 7.28. The number of carbonyl (C=O) groups is 2. The Morgan fingerprint density at radius 3 is 2.75 bits per heavy atom. The normalized spacial score (nSPS) is 11.0. The number of hydrogen-bond donors (Lipinski definition) is 2. The third-order valence-corrected chi connectivity index (χ3v) is 3.64. The number of pyridine rings is 1. The Morgan fingerprint density at radius 1 is 1.33 bits per heavy atom. The summed E-state index contributed by atoms with van der Waals surface area (Å²) in [6, 6.07) is 4.58. The first kappa shape index (κ1) is 15.7. The van der Waals surface area contributed by atoms with Gasteiger partial charge in [-0.25, -0.2) is 9.78 Å². The Balaban J connectivity index is 1.87. The SMILES string of the molecule is Cc1cc(C(=O)NCc2ccc(C(=O)O)o2)c2c(C)nn(C)c2n1. The Kier molecular flexibility index (Phi) is 3.80. The fourth-order valence-corrected chi connectivity index (χ4v) is 2.60. The van der Waals surface area contributed by atoms with Gasteiger partial charge in [0.25, 0.3) is 5.91 Å². The van der Waals surface area contributed by atoms with Crippen LogP contribution in [0, 0.1) is 13.8 Å². The van der Waals surface area contributed by atoms with Crippen molar-refractivity contribution in [3.05, 3.63) is 46.7 Å². The average Bonchev–Trinajstić information content (AvgIpc) is 3.10. The molecule has 3 heterocycles. The van der Waals surface area contributed by atoms with Crippen molar-refractivity contribution >= 4 is 22.9 Å². The van der Waals surface area contributed by atoms with E-state index in [1.807, 2.05) is 13.8 Å². The minimum Gasteiger partial charge on any atom is -0.475 e. The van der Waals surface area contributed by atoms with Gasteiger partial charge in [-0.15, -0.1) is 0 Å². The third kappa shape index (κ3) is 2.73. The van der Waals surface area contributed by atoms with Gasteiger partial charge < -0.3 is 14.8 Å². The molecule has 3 aromatic heterocycles. The van der Waals surface area contributed by atoms with Gasteiger partial charge in [-0.3, -0.25) is 9.48 Å². The summed E-state index contributed by atoms with van der Waals surface area (Å²) in [6.45, 7) is 3.72. The lowest BCUT2D eigenvalue weighted by atomic mass is 10.1. The Labute approximate surface area is 137 Å². The van der Waals surface area contributed by atoms with Gasteiger partial charge in [0.05, 0.1) is 23.2 Å². The van der Waals surface area contributed by atoms with Gasteiger partial charge in [-0.1, -0.05) is 0 Å². The highest BCUT2D eigenvalue weighted by Gasteiger charge is 2.18. The maximum absolute atomic E-state index is 12.6. The molecule has 8 nitrogen and oxygen atoms in total. The zero-order valence-corrected chi connectivity index (χ0v) is 13.5. The van der Waals surface area contributed by atoms with E-state index in [0.717, 1.165) is 5.69 Å². The quantitative estimate of drug-likeness (QED) is 0.755. The Bertz CT molecular complexity index is 955. The molecule has 0 unspecified atom stereocenters. The van der Waals surface area contributed by atoms with E-state index in [1.165, 1.54) is 12.1 Å². The molecule has 24 heavy (non-hydrogen) atoms. The highest BCUT2D eigenvalue weighted by atomic mass is 16.4. The fraction of sp³-hybridized carbons (Fsp3) is 0.250. The van der Waals surface area contributed by atoms with Crippen molar-refractivity contribution < 1.29 is 19.1 Å².